The second-order valence-corrected chi connectivity index (χ2v) is 9.84. The van der Waals surface area contributed by atoms with Crippen LogP contribution in [0.15, 0.2) is 174 Å². The van der Waals surface area contributed by atoms with Crippen LogP contribution in [0.4, 0.5) is 0 Å². The topological polar surface area (TPSA) is 13.1 Å². The molecule has 0 N–H and O–H groups in total. The molecule has 0 atom stereocenters. The van der Waals surface area contributed by atoms with Gasteiger partial charge < -0.3 is 4.42 Å². The molecule has 0 saturated carbocycles. The normalized spacial score (nSPS) is 19.0. The summed E-state index contributed by atoms with van der Waals surface area (Å²) in [4.78, 5) is 0. The molecule has 9 rings (SSSR count). The second-order valence-electron chi connectivity index (χ2n) is 9.84. The van der Waals surface area contributed by atoms with E-state index in [1.54, 1.807) is 0 Å². The summed E-state index contributed by atoms with van der Waals surface area (Å²) in [7, 11) is 0. The van der Waals surface area contributed by atoms with Crippen LogP contribution in [-0.2, 0) is 0 Å². The molecule has 1 heterocycles. The number of fused-ring (bicyclic) bond motifs is 5. The maximum absolute atomic E-state index is 9.34. The zero-order valence-corrected chi connectivity index (χ0v) is 22.7. The molecule has 9 aromatic rings. The lowest BCUT2D eigenvalue weighted by Gasteiger charge is -2.18. The highest BCUT2D eigenvalue weighted by Gasteiger charge is 2.17. The van der Waals surface area contributed by atoms with E-state index < -0.39 is 189 Å². The predicted molar refractivity (Wildman–Crippen MR) is 190 cm³/mol. The van der Waals surface area contributed by atoms with E-state index in [1.165, 1.54) is 24.3 Å². The first-order valence-electron chi connectivity index (χ1n) is 25.5. The largest absolute Gasteiger partial charge is 0.456 e. The Bertz CT molecular complexity index is 3740. The average Bonchev–Trinajstić information content (AvgIpc) is 3.74. The van der Waals surface area contributed by atoms with Gasteiger partial charge in [-0.05, 0) is 84.2 Å². The van der Waals surface area contributed by atoms with E-state index in [0.717, 1.165) is 0 Å². The van der Waals surface area contributed by atoms with Crippen molar-refractivity contribution in [3.63, 3.8) is 0 Å². The Balaban J connectivity index is 1.37. The lowest BCUT2D eigenvalue weighted by molar-refractivity contribution is 0.669. The van der Waals surface area contributed by atoms with Crippen molar-refractivity contribution in [2.45, 2.75) is 0 Å². The van der Waals surface area contributed by atoms with Crippen LogP contribution in [0.1, 0.15) is 32.9 Å². The minimum absolute atomic E-state index is 0.0541. The fraction of sp³-hybridized carbons (Fsp3) is 0. The van der Waals surface area contributed by atoms with Crippen molar-refractivity contribution in [3.8, 4) is 44.5 Å². The van der Waals surface area contributed by atoms with Gasteiger partial charge in [0.15, 0.2) is 0 Å². The Morgan fingerprint density at radius 1 is 0.356 bits per heavy atom. The molecule has 0 unspecified atom stereocenters. The van der Waals surface area contributed by atoms with Crippen LogP contribution < -0.4 is 0 Å². The molecular weight excluding hydrogens is 544 g/mol. The summed E-state index contributed by atoms with van der Waals surface area (Å²) < 4.78 is 216. The van der Waals surface area contributed by atoms with Crippen molar-refractivity contribution in [1.29, 1.82) is 0 Å². The summed E-state index contributed by atoms with van der Waals surface area (Å²) in [5.41, 5.74) is -3.17. The lowest BCUT2D eigenvalue weighted by Crippen LogP contribution is -1.90. The fourth-order valence-electron chi connectivity index (χ4n) is 5.50. The van der Waals surface area contributed by atoms with Crippen molar-refractivity contribution < 1.29 is 37.3 Å². The van der Waals surface area contributed by atoms with Gasteiger partial charge in [-0.15, -0.1) is 0 Å². The van der Waals surface area contributed by atoms with E-state index in [-0.39, 0.29) is 43.8 Å². The first-order chi connectivity index (χ1) is 32.3. The number of hydrogen-bond donors (Lipinski definition) is 0. The molecule has 0 aliphatic heterocycles. The van der Waals surface area contributed by atoms with Gasteiger partial charge >= 0.3 is 0 Å². The quantitative estimate of drug-likeness (QED) is 0.184. The van der Waals surface area contributed by atoms with E-state index in [0.29, 0.717) is 0 Å². The first kappa shape index (κ1) is 11.2. The van der Waals surface area contributed by atoms with Crippen LogP contribution >= 0.6 is 0 Å². The molecule has 0 aliphatic carbocycles. The summed E-state index contributed by atoms with van der Waals surface area (Å²) in [6, 6.07) is -12.3. The monoisotopic (exact) mass is 596 g/mol. The van der Waals surface area contributed by atoms with Crippen LogP contribution in [0.3, 0.4) is 0 Å². The SMILES string of the molecule is [2H]c1c([2H])c([2H])c(-c2c3c([2H])c([2H])c([2H])c([2H])c3c(-c3ccc(-c4c([2H])c([2H])c5c(oc6c([2H])c([2H])c([2H])c(-c7c([2H])c([2H])c([2H])c([2H])c7[2H])c65)c4[2H])cc3)c3c([2H])c([2H])c([2H])c([2H])c23)c([2H])c1[2H]. The molecular formula is C44H28O. The van der Waals surface area contributed by atoms with Crippen LogP contribution in [0, 0.1) is 0 Å². The van der Waals surface area contributed by atoms with Gasteiger partial charge in [-0.25, -0.2) is 0 Å². The highest BCUT2D eigenvalue weighted by molar-refractivity contribution is 6.21. The third-order valence-corrected chi connectivity index (χ3v) is 7.41. The van der Waals surface area contributed by atoms with Crippen molar-refractivity contribution in [2.24, 2.45) is 0 Å². The molecule has 45 heavy (non-hydrogen) atoms. The molecule has 0 amide bonds. The molecule has 1 aromatic heterocycles. The Morgan fingerprint density at radius 2 is 0.889 bits per heavy atom. The molecule has 0 spiro atoms. The van der Waals surface area contributed by atoms with E-state index in [1.807, 2.05) is 0 Å². The molecule has 0 fully saturated rings. The second kappa shape index (κ2) is 10.4. The van der Waals surface area contributed by atoms with E-state index in [4.69, 9.17) is 30.5 Å². The maximum Gasteiger partial charge on any atom is 0.136 e. The van der Waals surface area contributed by atoms with Gasteiger partial charge in [0, 0.05) is 10.8 Å². The Kier molecular flexibility index (Phi) is 2.58. The van der Waals surface area contributed by atoms with E-state index >= 15 is 0 Å². The van der Waals surface area contributed by atoms with Crippen molar-refractivity contribution in [2.75, 3.05) is 0 Å². The zero-order chi connectivity index (χ0) is 50.6. The molecule has 8 aromatic carbocycles. The van der Waals surface area contributed by atoms with Gasteiger partial charge in [0.1, 0.15) is 11.2 Å². The molecule has 0 bridgehead atoms. The molecule has 0 radical (unpaired) electrons. The molecule has 1 nitrogen and oxygen atoms in total. The Hall–Kier alpha value is -5.92. The summed E-state index contributed by atoms with van der Waals surface area (Å²) >= 11 is 0. The molecule has 0 aliphatic rings. The van der Waals surface area contributed by atoms with Crippen molar-refractivity contribution in [3.05, 3.63) is 169 Å². The van der Waals surface area contributed by atoms with Crippen LogP contribution in [-0.4, -0.2) is 0 Å². The lowest BCUT2D eigenvalue weighted by atomic mass is 9.86. The van der Waals surface area contributed by atoms with Gasteiger partial charge in [0.25, 0.3) is 0 Å². The number of rotatable bonds is 4. The Morgan fingerprint density at radius 3 is 1.51 bits per heavy atom. The van der Waals surface area contributed by atoms with Gasteiger partial charge in [0.2, 0.25) is 0 Å². The van der Waals surface area contributed by atoms with Crippen molar-refractivity contribution >= 4 is 43.5 Å². The Labute approximate surface area is 295 Å². The minimum atomic E-state index is -0.815. The smallest absolute Gasteiger partial charge is 0.136 e. The third kappa shape index (κ3) is 4.17. The first-order valence-corrected chi connectivity index (χ1v) is 13.5. The summed E-state index contributed by atoms with van der Waals surface area (Å²) in [6.07, 6.45) is 0. The number of benzene rings is 8. The standard InChI is InChI=1S/C44H28O/c1-3-12-30(13-4-1)34-20-11-21-40-44(34)39-27-26-33(28-41(39)45-40)29-22-24-32(25-23-29)43-37-18-9-7-16-35(37)42(31-14-5-2-6-15-31)36-17-8-10-19-38(36)43/h1-28H/i1D,2D,3D,4D,5D,6D,7D,8D,9D,10D,11D,12D,13D,14D,15D,16D,17D,18D,19D,20D,21D,26D,27D,28D. The molecule has 0 saturated heterocycles. The number of furan rings is 1. The minimum Gasteiger partial charge on any atom is -0.456 e. The van der Waals surface area contributed by atoms with Gasteiger partial charge in [-0.3, -0.25) is 0 Å². The van der Waals surface area contributed by atoms with Crippen molar-refractivity contribution in [1.82, 2.24) is 0 Å². The average molecular weight is 597 g/mol. The van der Waals surface area contributed by atoms with Crippen LogP contribution in [0.2, 0.25) is 0 Å². The summed E-state index contributed by atoms with van der Waals surface area (Å²) in [5.74, 6) is 0. The van der Waals surface area contributed by atoms with Gasteiger partial charge in [-0.1, -0.05) is 151 Å². The summed E-state index contributed by atoms with van der Waals surface area (Å²) in [6.45, 7) is 0. The molecule has 210 valence electrons. The molecule has 1 heteroatoms. The third-order valence-electron chi connectivity index (χ3n) is 7.41. The fourth-order valence-corrected chi connectivity index (χ4v) is 5.50. The zero-order valence-electron chi connectivity index (χ0n) is 46.7. The van der Waals surface area contributed by atoms with E-state index in [9.17, 15) is 6.85 Å². The van der Waals surface area contributed by atoms with Gasteiger partial charge in [0.05, 0.1) is 32.9 Å². The van der Waals surface area contributed by atoms with Crippen LogP contribution in [0.5, 0.6) is 0 Å². The summed E-state index contributed by atoms with van der Waals surface area (Å²) in [5, 5.41) is -2.13. The van der Waals surface area contributed by atoms with Crippen LogP contribution in [0.25, 0.3) is 88.0 Å². The van der Waals surface area contributed by atoms with E-state index in [2.05, 4.69) is 0 Å². The van der Waals surface area contributed by atoms with Gasteiger partial charge in [-0.2, -0.15) is 0 Å². The number of hydrogen-bond acceptors (Lipinski definition) is 1. The predicted octanol–water partition coefficient (Wildman–Crippen LogP) is 12.6. The maximum atomic E-state index is 9.34. The highest BCUT2D eigenvalue weighted by Crippen LogP contribution is 2.44. The highest BCUT2D eigenvalue weighted by atomic mass is 16.3.